The molecule has 0 unspecified atom stereocenters. The number of hydrogen-bond donors (Lipinski definition) is 1. The molecule has 2 atom stereocenters. The Balaban J connectivity index is 2.36. The molecule has 0 aromatic heterocycles. The van der Waals surface area contributed by atoms with Crippen LogP contribution in [-0.4, -0.2) is 46.2 Å². The van der Waals surface area contributed by atoms with E-state index in [1.54, 1.807) is 0 Å². The van der Waals surface area contributed by atoms with Crippen LogP contribution in [0, 0.1) is 18.7 Å². The summed E-state index contributed by atoms with van der Waals surface area (Å²) in [4.78, 5) is -0.0325. The van der Waals surface area contributed by atoms with E-state index >= 15 is 0 Å². The zero-order chi connectivity index (χ0) is 17.4. The van der Waals surface area contributed by atoms with Gasteiger partial charge >= 0.3 is 0 Å². The lowest BCUT2D eigenvalue weighted by Gasteiger charge is -2.21. The third-order valence-electron chi connectivity index (χ3n) is 3.95. The average molecular weight is 363 g/mol. The molecule has 2 rings (SSSR count). The fourth-order valence-corrected chi connectivity index (χ4v) is 7.47. The van der Waals surface area contributed by atoms with Crippen molar-refractivity contribution in [2.45, 2.75) is 37.0 Å². The second-order valence-corrected chi connectivity index (χ2v) is 10.8. The number of benzene rings is 1. The minimum Gasteiger partial charge on any atom is -0.311 e. The highest BCUT2D eigenvalue weighted by atomic mass is 32.2. The first-order valence-corrected chi connectivity index (χ1v) is 10.8. The molecule has 0 aliphatic carbocycles. The van der Waals surface area contributed by atoms with Gasteiger partial charge in [0.05, 0.1) is 21.7 Å². The molecule has 1 aromatic rings. The Morgan fingerprint density at radius 1 is 1.30 bits per heavy atom. The van der Waals surface area contributed by atoms with E-state index in [1.807, 2.05) is 13.8 Å². The van der Waals surface area contributed by atoms with Gasteiger partial charge in [-0.1, -0.05) is 13.8 Å². The number of halogens is 1. The van der Waals surface area contributed by atoms with Crippen LogP contribution in [0.4, 0.5) is 4.39 Å². The Kier molecular flexibility index (Phi) is 5.18. The van der Waals surface area contributed by atoms with E-state index in [0.717, 1.165) is 6.07 Å². The molecule has 23 heavy (non-hydrogen) atoms. The van der Waals surface area contributed by atoms with Crippen LogP contribution in [0.15, 0.2) is 23.1 Å². The van der Waals surface area contributed by atoms with Crippen LogP contribution >= 0.6 is 0 Å². The molecule has 1 N–H and O–H groups in total. The molecule has 0 bridgehead atoms. The molecule has 130 valence electrons. The third kappa shape index (κ3) is 4.10. The molecule has 8 heteroatoms. The maximum atomic E-state index is 13.4. The standard InChI is InChI=1S/C15H22FNO4S2/c1-10(2)7-17-14-8-22(18,19)9-15(14)23(20,21)12-4-5-13(16)11(3)6-12/h4-6,10,14-15,17H,7-9H2,1-3H3/t14-,15-/m0/s1. The van der Waals surface area contributed by atoms with Crippen molar-refractivity contribution in [1.29, 1.82) is 0 Å². The van der Waals surface area contributed by atoms with Gasteiger partial charge < -0.3 is 5.32 Å². The summed E-state index contributed by atoms with van der Waals surface area (Å²) >= 11 is 0. The molecule has 0 radical (unpaired) electrons. The van der Waals surface area contributed by atoms with E-state index in [4.69, 9.17) is 0 Å². The van der Waals surface area contributed by atoms with Gasteiger partial charge in [0.1, 0.15) is 5.82 Å². The maximum Gasteiger partial charge on any atom is 0.183 e. The van der Waals surface area contributed by atoms with Gasteiger partial charge in [-0.05, 0) is 43.1 Å². The summed E-state index contributed by atoms with van der Waals surface area (Å²) in [5.41, 5.74) is 0.221. The summed E-state index contributed by atoms with van der Waals surface area (Å²) in [5, 5.41) is 2.01. The Labute approximate surface area is 137 Å². The Hall–Kier alpha value is -0.990. The van der Waals surface area contributed by atoms with E-state index in [1.165, 1.54) is 19.1 Å². The lowest BCUT2D eigenvalue weighted by molar-refractivity contribution is 0.480. The number of nitrogens with one attached hydrogen (secondary N) is 1. The smallest absolute Gasteiger partial charge is 0.183 e. The van der Waals surface area contributed by atoms with Gasteiger partial charge in [0.25, 0.3) is 0 Å². The Morgan fingerprint density at radius 2 is 1.96 bits per heavy atom. The molecule has 1 aromatic carbocycles. The zero-order valence-corrected chi connectivity index (χ0v) is 15.0. The lowest BCUT2D eigenvalue weighted by atomic mass is 10.2. The molecule has 5 nitrogen and oxygen atoms in total. The highest BCUT2D eigenvalue weighted by Crippen LogP contribution is 2.27. The fraction of sp³-hybridized carbons (Fsp3) is 0.600. The molecule has 0 spiro atoms. The van der Waals surface area contributed by atoms with Crippen molar-refractivity contribution in [3.8, 4) is 0 Å². The van der Waals surface area contributed by atoms with E-state index in [2.05, 4.69) is 5.32 Å². The Morgan fingerprint density at radius 3 is 2.52 bits per heavy atom. The summed E-state index contributed by atoms with van der Waals surface area (Å²) in [5.74, 6) is -0.808. The van der Waals surface area contributed by atoms with E-state index in [9.17, 15) is 21.2 Å². The van der Waals surface area contributed by atoms with Crippen LogP contribution in [0.5, 0.6) is 0 Å². The van der Waals surface area contributed by atoms with Gasteiger partial charge in [0.15, 0.2) is 19.7 Å². The number of rotatable bonds is 5. The molecular formula is C15H22FNO4S2. The highest BCUT2D eigenvalue weighted by Gasteiger charge is 2.45. The summed E-state index contributed by atoms with van der Waals surface area (Å²) in [6.45, 7) is 5.94. The summed E-state index contributed by atoms with van der Waals surface area (Å²) < 4.78 is 62.9. The monoisotopic (exact) mass is 363 g/mol. The first kappa shape index (κ1) is 18.4. The molecule has 1 fully saturated rings. The van der Waals surface area contributed by atoms with Crippen molar-refractivity contribution >= 4 is 19.7 Å². The van der Waals surface area contributed by atoms with Gasteiger partial charge in [-0.3, -0.25) is 0 Å². The van der Waals surface area contributed by atoms with E-state index in [0.29, 0.717) is 6.54 Å². The molecule has 0 saturated carbocycles. The van der Waals surface area contributed by atoms with E-state index in [-0.39, 0.29) is 22.1 Å². The van der Waals surface area contributed by atoms with Gasteiger partial charge in [-0.15, -0.1) is 0 Å². The van der Waals surface area contributed by atoms with Gasteiger partial charge in [-0.25, -0.2) is 21.2 Å². The minimum absolute atomic E-state index is 0.0325. The topological polar surface area (TPSA) is 80.3 Å². The van der Waals surface area contributed by atoms with Crippen LogP contribution in [-0.2, 0) is 19.7 Å². The Bertz CT molecular complexity index is 788. The highest BCUT2D eigenvalue weighted by molar-refractivity contribution is 7.96. The predicted molar refractivity (Wildman–Crippen MR) is 87.4 cm³/mol. The van der Waals surface area contributed by atoms with Gasteiger partial charge in [0, 0.05) is 6.04 Å². The SMILES string of the molecule is Cc1cc(S(=O)(=O)[C@H]2CS(=O)(=O)C[C@@H]2NCC(C)C)ccc1F. The second-order valence-electron chi connectivity index (χ2n) is 6.48. The largest absolute Gasteiger partial charge is 0.311 e. The van der Waals surface area contributed by atoms with Crippen molar-refractivity contribution < 1.29 is 21.2 Å². The van der Waals surface area contributed by atoms with Crippen molar-refractivity contribution in [2.24, 2.45) is 5.92 Å². The molecule has 0 amide bonds. The zero-order valence-electron chi connectivity index (χ0n) is 13.4. The lowest BCUT2D eigenvalue weighted by Crippen LogP contribution is -2.44. The number of aryl methyl sites for hydroxylation is 1. The van der Waals surface area contributed by atoms with Crippen molar-refractivity contribution in [3.63, 3.8) is 0 Å². The fourth-order valence-electron chi connectivity index (χ4n) is 2.67. The van der Waals surface area contributed by atoms with Crippen LogP contribution in [0.1, 0.15) is 19.4 Å². The van der Waals surface area contributed by atoms with Gasteiger partial charge in [0.2, 0.25) is 0 Å². The number of sulfone groups is 2. The average Bonchev–Trinajstić information content (AvgIpc) is 2.75. The van der Waals surface area contributed by atoms with Gasteiger partial charge in [-0.2, -0.15) is 0 Å². The molecular weight excluding hydrogens is 341 g/mol. The van der Waals surface area contributed by atoms with Crippen molar-refractivity contribution in [3.05, 3.63) is 29.6 Å². The molecule has 1 saturated heterocycles. The van der Waals surface area contributed by atoms with Crippen LogP contribution in [0.25, 0.3) is 0 Å². The third-order valence-corrected chi connectivity index (χ3v) is 8.09. The summed E-state index contributed by atoms with van der Waals surface area (Å²) in [7, 11) is -7.27. The first-order chi connectivity index (χ1) is 10.5. The quantitative estimate of drug-likeness (QED) is 0.798. The maximum absolute atomic E-state index is 13.4. The molecule has 1 aliphatic heterocycles. The first-order valence-electron chi connectivity index (χ1n) is 7.47. The van der Waals surface area contributed by atoms with E-state index < -0.39 is 42.5 Å². The molecule has 1 heterocycles. The normalized spacial score (nSPS) is 24.2. The molecule has 1 aliphatic rings. The summed E-state index contributed by atoms with van der Waals surface area (Å²) in [6.07, 6.45) is 0. The minimum atomic E-state index is -3.85. The van der Waals surface area contributed by atoms with Crippen molar-refractivity contribution in [2.75, 3.05) is 18.1 Å². The van der Waals surface area contributed by atoms with Crippen LogP contribution in [0.2, 0.25) is 0 Å². The number of hydrogen-bond acceptors (Lipinski definition) is 5. The van der Waals surface area contributed by atoms with Crippen LogP contribution in [0.3, 0.4) is 0 Å². The summed E-state index contributed by atoms with van der Waals surface area (Å²) in [6, 6.07) is 2.91. The second kappa shape index (κ2) is 6.49. The van der Waals surface area contributed by atoms with Crippen LogP contribution < -0.4 is 5.32 Å². The van der Waals surface area contributed by atoms with Crippen molar-refractivity contribution in [1.82, 2.24) is 5.32 Å². The predicted octanol–water partition coefficient (Wildman–Crippen LogP) is 1.32.